The summed E-state index contributed by atoms with van der Waals surface area (Å²) in [7, 11) is 0. The third kappa shape index (κ3) is 1.91. The quantitative estimate of drug-likeness (QED) is 0.871. The Morgan fingerprint density at radius 3 is 2.90 bits per heavy atom. The molecular formula is C12H8F2N4O2. The molecule has 102 valence electrons. The van der Waals surface area contributed by atoms with E-state index in [2.05, 4.69) is 15.4 Å². The smallest absolute Gasteiger partial charge is 0.352 e. The zero-order chi connectivity index (χ0) is 14.3. The van der Waals surface area contributed by atoms with Gasteiger partial charge in [-0.05, 0) is 12.1 Å². The molecule has 0 fully saturated rings. The number of carbonyl (C=O) groups is 1. The Morgan fingerprint density at radius 1 is 1.40 bits per heavy atom. The Hall–Kier alpha value is -2.77. The number of halogens is 2. The van der Waals surface area contributed by atoms with E-state index in [1.807, 2.05) is 0 Å². The number of allylic oxidation sites excluding steroid dienone is 1. The predicted octanol–water partition coefficient (Wildman–Crippen LogP) is 1.54. The van der Waals surface area contributed by atoms with Crippen LogP contribution in [0.5, 0.6) is 0 Å². The molecule has 2 heterocycles. The molecule has 6 nitrogen and oxygen atoms in total. The predicted molar refractivity (Wildman–Crippen MR) is 63.9 cm³/mol. The molecule has 0 unspecified atom stereocenters. The third-order valence-electron chi connectivity index (χ3n) is 2.92. The van der Waals surface area contributed by atoms with Crippen molar-refractivity contribution in [3.63, 3.8) is 0 Å². The van der Waals surface area contributed by atoms with E-state index in [1.165, 1.54) is 23.2 Å². The van der Waals surface area contributed by atoms with E-state index in [4.69, 9.17) is 5.11 Å². The molecule has 20 heavy (non-hydrogen) atoms. The molecule has 0 saturated carbocycles. The van der Waals surface area contributed by atoms with Crippen LogP contribution >= 0.6 is 0 Å². The van der Waals surface area contributed by atoms with Crippen LogP contribution in [0.25, 0.3) is 0 Å². The van der Waals surface area contributed by atoms with Crippen LogP contribution < -0.4 is 5.32 Å². The van der Waals surface area contributed by atoms with Gasteiger partial charge < -0.3 is 10.4 Å². The second kappa shape index (κ2) is 4.41. The second-order valence-electron chi connectivity index (χ2n) is 4.15. The summed E-state index contributed by atoms with van der Waals surface area (Å²) in [5, 5.41) is 15.5. The van der Waals surface area contributed by atoms with Gasteiger partial charge in [0.2, 0.25) is 5.95 Å². The zero-order valence-electron chi connectivity index (χ0n) is 9.92. The van der Waals surface area contributed by atoms with Crippen LogP contribution in [0.3, 0.4) is 0 Å². The maximum Gasteiger partial charge on any atom is 0.352 e. The zero-order valence-corrected chi connectivity index (χ0v) is 9.92. The van der Waals surface area contributed by atoms with Gasteiger partial charge >= 0.3 is 5.97 Å². The highest BCUT2D eigenvalue weighted by molar-refractivity contribution is 5.90. The van der Waals surface area contributed by atoms with Gasteiger partial charge in [-0.15, -0.1) is 0 Å². The SMILES string of the molecule is O=C(O)C1=C[C@@H](c2ccc(F)cc2F)n2ncnc2N1. The highest BCUT2D eigenvalue weighted by Gasteiger charge is 2.27. The molecule has 1 aromatic carbocycles. The number of nitrogens with zero attached hydrogens (tertiary/aromatic N) is 3. The van der Waals surface area contributed by atoms with Gasteiger partial charge in [-0.3, -0.25) is 0 Å². The van der Waals surface area contributed by atoms with Crippen LogP contribution in [0, 0.1) is 11.6 Å². The van der Waals surface area contributed by atoms with Crippen LogP contribution in [-0.2, 0) is 4.79 Å². The van der Waals surface area contributed by atoms with E-state index < -0.39 is 23.6 Å². The highest BCUT2D eigenvalue weighted by Crippen LogP contribution is 2.29. The molecule has 1 aromatic heterocycles. The largest absolute Gasteiger partial charge is 0.477 e. The van der Waals surface area contributed by atoms with Crippen molar-refractivity contribution in [3.8, 4) is 0 Å². The Balaban J connectivity index is 2.14. The van der Waals surface area contributed by atoms with E-state index >= 15 is 0 Å². The highest BCUT2D eigenvalue weighted by atomic mass is 19.1. The summed E-state index contributed by atoms with van der Waals surface area (Å²) in [6, 6.07) is 2.29. The summed E-state index contributed by atoms with van der Waals surface area (Å²) in [6.45, 7) is 0. The molecule has 0 aliphatic carbocycles. The maximum absolute atomic E-state index is 13.9. The summed E-state index contributed by atoms with van der Waals surface area (Å²) in [5.74, 6) is -2.51. The fourth-order valence-electron chi connectivity index (χ4n) is 2.02. The first-order valence-electron chi connectivity index (χ1n) is 5.63. The van der Waals surface area contributed by atoms with Crippen molar-refractivity contribution in [2.24, 2.45) is 0 Å². The Labute approximate surface area is 111 Å². The molecule has 1 atom stereocenters. The van der Waals surface area contributed by atoms with Crippen LogP contribution in [0.4, 0.5) is 14.7 Å². The van der Waals surface area contributed by atoms with Crippen molar-refractivity contribution in [1.82, 2.24) is 14.8 Å². The summed E-state index contributed by atoms with van der Waals surface area (Å²) in [5.41, 5.74) is -0.0300. The molecular weight excluding hydrogens is 270 g/mol. The number of hydrogen-bond acceptors (Lipinski definition) is 4. The van der Waals surface area contributed by atoms with Crippen molar-refractivity contribution in [3.05, 3.63) is 53.5 Å². The number of aliphatic carboxylic acids is 1. The van der Waals surface area contributed by atoms with Gasteiger partial charge in [0.1, 0.15) is 29.7 Å². The lowest BCUT2D eigenvalue weighted by Gasteiger charge is -2.22. The van der Waals surface area contributed by atoms with E-state index in [1.54, 1.807) is 0 Å². The van der Waals surface area contributed by atoms with Gasteiger partial charge in [-0.25, -0.2) is 18.3 Å². The first-order valence-corrected chi connectivity index (χ1v) is 5.63. The Kier molecular flexibility index (Phi) is 2.70. The monoisotopic (exact) mass is 278 g/mol. The lowest BCUT2D eigenvalue weighted by Crippen LogP contribution is -2.24. The van der Waals surface area contributed by atoms with Crippen molar-refractivity contribution >= 4 is 11.9 Å². The molecule has 8 heteroatoms. The number of carboxylic acids is 1. The molecule has 2 N–H and O–H groups in total. The summed E-state index contributed by atoms with van der Waals surface area (Å²) in [6.07, 6.45) is 2.51. The van der Waals surface area contributed by atoms with Crippen LogP contribution in [0.2, 0.25) is 0 Å². The average Bonchev–Trinajstić information content (AvgIpc) is 2.86. The fourth-order valence-corrected chi connectivity index (χ4v) is 2.02. The van der Waals surface area contributed by atoms with Gasteiger partial charge in [0, 0.05) is 11.6 Å². The average molecular weight is 278 g/mol. The van der Waals surface area contributed by atoms with Crippen LogP contribution in [0.15, 0.2) is 36.3 Å². The summed E-state index contributed by atoms with van der Waals surface area (Å²) in [4.78, 5) is 14.9. The van der Waals surface area contributed by atoms with Gasteiger partial charge in [0.25, 0.3) is 0 Å². The molecule has 3 rings (SSSR count). The first-order chi connectivity index (χ1) is 9.56. The fraction of sp³-hybridized carbons (Fsp3) is 0.0833. The van der Waals surface area contributed by atoms with Gasteiger partial charge in [0.05, 0.1) is 0 Å². The van der Waals surface area contributed by atoms with Crippen molar-refractivity contribution in [1.29, 1.82) is 0 Å². The number of hydrogen-bond donors (Lipinski definition) is 2. The number of fused-ring (bicyclic) bond motifs is 1. The lowest BCUT2D eigenvalue weighted by atomic mass is 10.0. The lowest BCUT2D eigenvalue weighted by molar-refractivity contribution is -0.132. The number of benzene rings is 1. The number of anilines is 1. The molecule has 0 radical (unpaired) electrons. The van der Waals surface area contributed by atoms with Crippen molar-refractivity contribution in [2.45, 2.75) is 6.04 Å². The Morgan fingerprint density at radius 2 is 2.20 bits per heavy atom. The minimum atomic E-state index is -1.20. The number of nitrogens with one attached hydrogen (secondary N) is 1. The normalized spacial score (nSPS) is 17.1. The third-order valence-corrected chi connectivity index (χ3v) is 2.92. The molecule has 1 aliphatic rings. The van der Waals surface area contributed by atoms with Crippen LogP contribution in [0.1, 0.15) is 11.6 Å². The molecule has 0 amide bonds. The number of rotatable bonds is 2. The number of aromatic nitrogens is 3. The van der Waals surface area contributed by atoms with Crippen LogP contribution in [-0.4, -0.2) is 25.8 Å². The standard InChI is InChI=1S/C12H8F2N4O2/c13-6-1-2-7(8(14)3-6)10-4-9(11(19)20)17-12-15-5-16-18(10)12/h1-5,10H,(H,19,20)(H,15,16,17)/t10-/m0/s1. The maximum atomic E-state index is 13.9. The van der Waals surface area contributed by atoms with Gasteiger partial charge in [-0.2, -0.15) is 10.1 Å². The number of carboxylic acid groups (broad SMARTS) is 1. The molecule has 0 bridgehead atoms. The van der Waals surface area contributed by atoms with Crippen molar-refractivity contribution in [2.75, 3.05) is 5.32 Å². The van der Waals surface area contributed by atoms with Gasteiger partial charge in [0.15, 0.2) is 0 Å². The van der Waals surface area contributed by atoms with E-state index in [9.17, 15) is 13.6 Å². The minimum Gasteiger partial charge on any atom is -0.477 e. The van der Waals surface area contributed by atoms with E-state index in [0.717, 1.165) is 12.1 Å². The van der Waals surface area contributed by atoms with E-state index in [-0.39, 0.29) is 17.2 Å². The second-order valence-corrected chi connectivity index (χ2v) is 4.15. The molecule has 0 spiro atoms. The van der Waals surface area contributed by atoms with Gasteiger partial charge in [-0.1, -0.05) is 6.07 Å². The Bertz CT molecular complexity index is 726. The summed E-state index contributed by atoms with van der Waals surface area (Å²) >= 11 is 0. The molecule has 1 aliphatic heterocycles. The first kappa shape index (κ1) is 12.3. The van der Waals surface area contributed by atoms with E-state index in [0.29, 0.717) is 0 Å². The summed E-state index contributed by atoms with van der Waals surface area (Å²) < 4.78 is 28.1. The van der Waals surface area contributed by atoms with Crippen molar-refractivity contribution < 1.29 is 18.7 Å². The topological polar surface area (TPSA) is 80.0 Å². The molecule has 2 aromatic rings. The minimum absolute atomic E-state index is 0.110. The molecule has 0 saturated heterocycles.